The maximum atomic E-state index is 12.3. The number of hydrogen-bond donors (Lipinski definition) is 1. The predicted octanol–water partition coefficient (Wildman–Crippen LogP) is 3.07. The van der Waals surface area contributed by atoms with Crippen molar-refractivity contribution in [2.45, 2.75) is 12.9 Å². The molecule has 0 saturated heterocycles. The van der Waals surface area contributed by atoms with Crippen molar-refractivity contribution < 1.29 is 17.9 Å². The minimum Gasteiger partial charge on any atom is -0.405 e. The Kier molecular flexibility index (Phi) is 3.57. The van der Waals surface area contributed by atoms with Crippen LogP contribution in [-0.2, 0) is 6.54 Å². The number of para-hydroxylation sites is 1. The highest BCUT2D eigenvalue weighted by Gasteiger charge is 2.32. The third-order valence-corrected chi connectivity index (χ3v) is 2.64. The Morgan fingerprint density at radius 3 is 2.58 bits per heavy atom. The lowest BCUT2D eigenvalue weighted by Gasteiger charge is -2.13. The van der Waals surface area contributed by atoms with Crippen molar-refractivity contribution in [2.75, 3.05) is 5.73 Å². The van der Waals surface area contributed by atoms with Crippen LogP contribution in [0.4, 0.5) is 19.0 Å². The molecular weight excluding hydrogens is 283 g/mol. The zero-order chi connectivity index (χ0) is 14.0. The molecule has 0 saturated carbocycles. The van der Waals surface area contributed by atoms with E-state index in [0.717, 1.165) is 0 Å². The number of nitrogen functional groups attached to an aromatic ring is 1. The number of alkyl halides is 3. The van der Waals surface area contributed by atoms with E-state index in [0.29, 0.717) is 5.56 Å². The second-order valence-corrected chi connectivity index (χ2v) is 4.10. The SMILES string of the molecule is Nc1c(Cl)cnn1Cc1ccccc1OC(F)(F)F. The first-order chi connectivity index (χ1) is 8.87. The van der Waals surface area contributed by atoms with Crippen molar-refractivity contribution in [3.63, 3.8) is 0 Å². The number of nitrogens with zero attached hydrogens (tertiary/aromatic N) is 2. The summed E-state index contributed by atoms with van der Waals surface area (Å²) in [6, 6.07) is 5.77. The van der Waals surface area contributed by atoms with Crippen molar-refractivity contribution in [3.8, 4) is 5.75 Å². The molecule has 1 aromatic heterocycles. The van der Waals surface area contributed by atoms with E-state index < -0.39 is 6.36 Å². The fourth-order valence-corrected chi connectivity index (χ4v) is 1.66. The summed E-state index contributed by atoms with van der Waals surface area (Å²) in [5, 5.41) is 4.12. The molecule has 1 aromatic carbocycles. The molecule has 0 aliphatic carbocycles. The van der Waals surface area contributed by atoms with Gasteiger partial charge in [0.15, 0.2) is 0 Å². The summed E-state index contributed by atoms with van der Waals surface area (Å²) in [5.41, 5.74) is 5.93. The molecule has 0 spiro atoms. The van der Waals surface area contributed by atoms with E-state index in [1.54, 1.807) is 6.07 Å². The van der Waals surface area contributed by atoms with Gasteiger partial charge in [0.2, 0.25) is 0 Å². The first kappa shape index (κ1) is 13.5. The number of halogens is 4. The normalized spacial score (nSPS) is 11.6. The quantitative estimate of drug-likeness (QED) is 0.945. The van der Waals surface area contributed by atoms with E-state index >= 15 is 0 Å². The molecule has 4 nitrogen and oxygen atoms in total. The lowest BCUT2D eigenvalue weighted by Crippen LogP contribution is -2.18. The van der Waals surface area contributed by atoms with Crippen molar-refractivity contribution >= 4 is 17.4 Å². The average molecular weight is 292 g/mol. The Morgan fingerprint density at radius 1 is 1.32 bits per heavy atom. The van der Waals surface area contributed by atoms with Gasteiger partial charge in [0, 0.05) is 5.56 Å². The van der Waals surface area contributed by atoms with Gasteiger partial charge in [-0.2, -0.15) is 5.10 Å². The second-order valence-electron chi connectivity index (χ2n) is 3.69. The van der Waals surface area contributed by atoms with Gasteiger partial charge in [0.05, 0.1) is 12.7 Å². The maximum absolute atomic E-state index is 12.3. The van der Waals surface area contributed by atoms with Crippen LogP contribution >= 0.6 is 11.6 Å². The standard InChI is InChI=1S/C11H9ClF3N3O/c12-8-5-17-18(10(8)16)6-7-3-1-2-4-9(7)19-11(13,14)15/h1-5H,6,16H2. The number of ether oxygens (including phenoxy) is 1. The molecule has 0 amide bonds. The fourth-order valence-electron chi connectivity index (χ4n) is 1.52. The molecule has 2 aromatic rings. The zero-order valence-corrected chi connectivity index (χ0v) is 10.2. The minimum absolute atomic E-state index is 0.0325. The molecule has 102 valence electrons. The molecule has 19 heavy (non-hydrogen) atoms. The summed E-state index contributed by atoms with van der Waals surface area (Å²) in [4.78, 5) is 0. The average Bonchev–Trinajstić information content (AvgIpc) is 2.62. The van der Waals surface area contributed by atoms with Gasteiger partial charge in [-0.25, -0.2) is 4.68 Å². The summed E-state index contributed by atoms with van der Waals surface area (Å²) in [5.74, 6) is -0.107. The first-order valence-corrected chi connectivity index (χ1v) is 5.55. The smallest absolute Gasteiger partial charge is 0.405 e. The molecule has 0 unspecified atom stereocenters. The minimum atomic E-state index is -4.75. The Labute approximate surface area is 111 Å². The van der Waals surface area contributed by atoms with Crippen LogP contribution in [0.1, 0.15) is 5.56 Å². The highest BCUT2D eigenvalue weighted by atomic mass is 35.5. The van der Waals surface area contributed by atoms with Crippen LogP contribution in [0.5, 0.6) is 5.75 Å². The molecule has 2 rings (SSSR count). The van der Waals surface area contributed by atoms with E-state index in [9.17, 15) is 13.2 Å². The number of hydrogen-bond acceptors (Lipinski definition) is 3. The summed E-state index contributed by atoms with van der Waals surface area (Å²) < 4.78 is 42.0. The van der Waals surface area contributed by atoms with E-state index in [1.165, 1.54) is 29.1 Å². The molecule has 1 heterocycles. The third kappa shape index (κ3) is 3.31. The molecular formula is C11H9ClF3N3O. The topological polar surface area (TPSA) is 53.1 Å². The Morgan fingerprint density at radius 2 is 2.00 bits per heavy atom. The van der Waals surface area contributed by atoms with Gasteiger partial charge < -0.3 is 10.5 Å². The van der Waals surface area contributed by atoms with E-state index in [4.69, 9.17) is 17.3 Å². The van der Waals surface area contributed by atoms with Gasteiger partial charge >= 0.3 is 6.36 Å². The highest BCUT2D eigenvalue weighted by molar-refractivity contribution is 6.32. The molecule has 0 aliphatic rings. The lowest BCUT2D eigenvalue weighted by molar-refractivity contribution is -0.274. The van der Waals surface area contributed by atoms with Crippen LogP contribution in [-0.4, -0.2) is 16.1 Å². The zero-order valence-electron chi connectivity index (χ0n) is 9.49. The van der Waals surface area contributed by atoms with Gasteiger partial charge in [-0.15, -0.1) is 13.2 Å². The van der Waals surface area contributed by atoms with Crippen LogP contribution in [0.15, 0.2) is 30.5 Å². The van der Waals surface area contributed by atoms with Gasteiger partial charge in [-0.1, -0.05) is 29.8 Å². The van der Waals surface area contributed by atoms with Crippen LogP contribution in [0, 0.1) is 0 Å². The van der Waals surface area contributed by atoms with Crippen molar-refractivity contribution in [3.05, 3.63) is 41.0 Å². The number of rotatable bonds is 3. The molecule has 0 radical (unpaired) electrons. The third-order valence-electron chi connectivity index (χ3n) is 2.35. The van der Waals surface area contributed by atoms with Gasteiger partial charge in [-0.3, -0.25) is 0 Å². The molecule has 0 bridgehead atoms. The number of benzene rings is 1. The summed E-state index contributed by atoms with van der Waals surface area (Å²) in [6.45, 7) is 0.0325. The van der Waals surface area contributed by atoms with Crippen LogP contribution in [0.2, 0.25) is 5.02 Å². The van der Waals surface area contributed by atoms with Gasteiger partial charge in [0.25, 0.3) is 0 Å². The van der Waals surface area contributed by atoms with Crippen LogP contribution in [0.25, 0.3) is 0 Å². The predicted molar refractivity (Wildman–Crippen MR) is 63.9 cm³/mol. The summed E-state index contributed by atoms with van der Waals surface area (Å²) in [6.07, 6.45) is -3.42. The van der Waals surface area contributed by atoms with Crippen molar-refractivity contribution in [2.24, 2.45) is 0 Å². The lowest BCUT2D eigenvalue weighted by atomic mass is 10.2. The number of aromatic nitrogens is 2. The van der Waals surface area contributed by atoms with Crippen molar-refractivity contribution in [1.82, 2.24) is 9.78 Å². The van der Waals surface area contributed by atoms with E-state index in [-0.39, 0.29) is 23.1 Å². The van der Waals surface area contributed by atoms with Crippen LogP contribution < -0.4 is 10.5 Å². The summed E-state index contributed by atoms with van der Waals surface area (Å²) in [7, 11) is 0. The van der Waals surface area contributed by atoms with E-state index in [2.05, 4.69) is 9.84 Å². The van der Waals surface area contributed by atoms with Crippen LogP contribution in [0.3, 0.4) is 0 Å². The molecule has 0 atom stereocenters. The maximum Gasteiger partial charge on any atom is 0.573 e. The highest BCUT2D eigenvalue weighted by Crippen LogP contribution is 2.27. The Hall–Kier alpha value is -1.89. The molecule has 0 fully saturated rings. The molecule has 0 aliphatic heterocycles. The van der Waals surface area contributed by atoms with Gasteiger partial charge in [-0.05, 0) is 6.07 Å². The molecule has 2 N–H and O–H groups in total. The molecule has 8 heteroatoms. The first-order valence-electron chi connectivity index (χ1n) is 5.17. The van der Waals surface area contributed by atoms with Crippen molar-refractivity contribution in [1.29, 1.82) is 0 Å². The van der Waals surface area contributed by atoms with E-state index in [1.807, 2.05) is 0 Å². The number of nitrogens with two attached hydrogens (primary N) is 1. The second kappa shape index (κ2) is 5.00. The Balaban J connectivity index is 2.28. The monoisotopic (exact) mass is 291 g/mol. The Bertz CT molecular complexity index is 583. The largest absolute Gasteiger partial charge is 0.573 e. The van der Waals surface area contributed by atoms with Gasteiger partial charge in [0.1, 0.15) is 16.6 Å². The number of anilines is 1. The summed E-state index contributed by atoms with van der Waals surface area (Å²) >= 11 is 5.72. The fraction of sp³-hybridized carbons (Fsp3) is 0.182.